The highest BCUT2D eigenvalue weighted by Gasteiger charge is 2.31. The number of ether oxygens (including phenoxy) is 2. The van der Waals surface area contributed by atoms with Gasteiger partial charge in [-0.3, -0.25) is 4.90 Å². The summed E-state index contributed by atoms with van der Waals surface area (Å²) >= 11 is 0. The molecule has 7 nitrogen and oxygen atoms in total. The summed E-state index contributed by atoms with van der Waals surface area (Å²) in [5, 5.41) is 0. The van der Waals surface area contributed by atoms with Crippen molar-refractivity contribution in [2.24, 2.45) is 0 Å². The van der Waals surface area contributed by atoms with E-state index >= 15 is 0 Å². The van der Waals surface area contributed by atoms with Crippen molar-refractivity contribution in [1.82, 2.24) is 4.90 Å². The van der Waals surface area contributed by atoms with Gasteiger partial charge in [0.25, 0.3) is 0 Å². The first-order chi connectivity index (χ1) is 13.2. The molecule has 1 aliphatic rings. The third-order valence-electron chi connectivity index (χ3n) is 5.00. The van der Waals surface area contributed by atoms with Crippen LogP contribution in [0.15, 0.2) is 30.3 Å². The average molecular weight is 406 g/mol. The number of nitrogens with two attached hydrogens (primary N) is 2. The lowest BCUT2D eigenvalue weighted by Gasteiger charge is -2.28. The zero-order valence-corrected chi connectivity index (χ0v) is 17.3. The van der Waals surface area contributed by atoms with E-state index in [0.29, 0.717) is 42.6 Å². The number of fused-ring (bicyclic) bond motifs is 1. The lowest BCUT2D eigenvalue weighted by Crippen LogP contribution is -2.29. The number of hydrogen-bond acceptors (Lipinski definition) is 7. The summed E-state index contributed by atoms with van der Waals surface area (Å²) in [4.78, 5) is 2.11. The van der Waals surface area contributed by atoms with Crippen LogP contribution >= 0.6 is 0 Å². The molecule has 2 aromatic rings. The molecular weight excluding hydrogens is 378 g/mol. The fourth-order valence-electron chi connectivity index (χ4n) is 3.63. The van der Waals surface area contributed by atoms with Crippen LogP contribution in [-0.2, 0) is 22.9 Å². The Balaban J connectivity index is 1.99. The monoisotopic (exact) mass is 405 g/mol. The number of rotatable bonds is 7. The van der Waals surface area contributed by atoms with Crippen molar-refractivity contribution < 1.29 is 17.9 Å². The number of methoxy groups -OCH3 is 1. The lowest BCUT2D eigenvalue weighted by atomic mass is 10.1. The van der Waals surface area contributed by atoms with Crippen LogP contribution in [-0.4, -0.2) is 39.0 Å². The van der Waals surface area contributed by atoms with Crippen LogP contribution in [0.25, 0.3) is 0 Å². The van der Waals surface area contributed by atoms with E-state index in [4.69, 9.17) is 20.9 Å². The van der Waals surface area contributed by atoms with Gasteiger partial charge in [-0.1, -0.05) is 12.1 Å². The van der Waals surface area contributed by atoms with Gasteiger partial charge < -0.3 is 20.9 Å². The van der Waals surface area contributed by atoms with Crippen molar-refractivity contribution in [3.63, 3.8) is 0 Å². The second-order valence-electron chi connectivity index (χ2n) is 7.06. The van der Waals surface area contributed by atoms with E-state index < -0.39 is 9.84 Å². The van der Waals surface area contributed by atoms with Gasteiger partial charge in [-0.15, -0.1) is 0 Å². The molecule has 0 aromatic heterocycles. The molecule has 1 aliphatic heterocycles. The van der Waals surface area contributed by atoms with Gasteiger partial charge in [0, 0.05) is 25.4 Å². The Morgan fingerprint density at radius 1 is 1.14 bits per heavy atom. The second kappa shape index (κ2) is 7.89. The van der Waals surface area contributed by atoms with Crippen molar-refractivity contribution in [3.05, 3.63) is 47.0 Å². The molecular formula is C20H27N3O4S. The van der Waals surface area contributed by atoms with Gasteiger partial charge in [-0.2, -0.15) is 0 Å². The molecule has 1 atom stereocenters. The molecule has 0 spiro atoms. The van der Waals surface area contributed by atoms with E-state index in [1.54, 1.807) is 13.2 Å². The summed E-state index contributed by atoms with van der Waals surface area (Å²) in [6, 6.07) is 8.97. The van der Waals surface area contributed by atoms with E-state index in [-0.39, 0.29) is 11.8 Å². The summed E-state index contributed by atoms with van der Waals surface area (Å²) in [6.07, 6.45) is 1.25. The molecule has 0 saturated heterocycles. The van der Waals surface area contributed by atoms with Crippen LogP contribution in [0, 0.1) is 0 Å². The molecule has 1 heterocycles. The standard InChI is InChI=1S/C20H27N3O4S/c1-4-27-19-9-13(6-8-18(19)26-2)17(12-28(3,24)25)23-10-14-5-7-16(21)20(22)15(14)11-23/h5-9,17H,4,10-12,21-22H2,1-3H3. The predicted octanol–water partition coefficient (Wildman–Crippen LogP) is 2.36. The van der Waals surface area contributed by atoms with E-state index in [1.807, 2.05) is 31.2 Å². The highest BCUT2D eigenvalue weighted by molar-refractivity contribution is 7.90. The van der Waals surface area contributed by atoms with Crippen LogP contribution in [0.5, 0.6) is 11.5 Å². The highest BCUT2D eigenvalue weighted by Crippen LogP contribution is 2.39. The van der Waals surface area contributed by atoms with E-state index in [1.165, 1.54) is 6.26 Å². The largest absolute Gasteiger partial charge is 0.493 e. The fourth-order valence-corrected chi connectivity index (χ4v) is 4.61. The maximum Gasteiger partial charge on any atom is 0.161 e. The van der Waals surface area contributed by atoms with Crippen molar-refractivity contribution in [2.75, 3.05) is 37.2 Å². The Morgan fingerprint density at radius 2 is 1.89 bits per heavy atom. The van der Waals surface area contributed by atoms with E-state index in [9.17, 15) is 8.42 Å². The smallest absolute Gasteiger partial charge is 0.161 e. The van der Waals surface area contributed by atoms with Gasteiger partial charge in [-0.05, 0) is 41.8 Å². The molecule has 4 N–H and O–H groups in total. The van der Waals surface area contributed by atoms with Gasteiger partial charge in [0.1, 0.15) is 9.84 Å². The van der Waals surface area contributed by atoms with Crippen LogP contribution in [0.4, 0.5) is 11.4 Å². The molecule has 28 heavy (non-hydrogen) atoms. The molecule has 0 saturated carbocycles. The molecule has 0 aliphatic carbocycles. The maximum absolute atomic E-state index is 12.2. The number of hydrogen-bond donors (Lipinski definition) is 2. The molecule has 152 valence electrons. The highest BCUT2D eigenvalue weighted by atomic mass is 32.2. The Bertz CT molecular complexity index is 976. The van der Waals surface area contributed by atoms with Gasteiger partial charge in [-0.25, -0.2) is 8.42 Å². The van der Waals surface area contributed by atoms with Crippen LogP contribution < -0.4 is 20.9 Å². The summed E-state index contributed by atoms with van der Waals surface area (Å²) in [7, 11) is -1.65. The van der Waals surface area contributed by atoms with E-state index in [2.05, 4.69) is 4.90 Å². The number of anilines is 2. The molecule has 0 amide bonds. The Kier molecular flexibility index (Phi) is 5.71. The van der Waals surface area contributed by atoms with Gasteiger partial charge in [0.05, 0.1) is 30.8 Å². The van der Waals surface area contributed by atoms with Gasteiger partial charge >= 0.3 is 0 Å². The van der Waals surface area contributed by atoms with Crippen molar-refractivity contribution >= 4 is 21.2 Å². The number of sulfone groups is 1. The first kappa shape index (κ1) is 20.3. The molecule has 2 aromatic carbocycles. The molecule has 1 unspecified atom stereocenters. The van der Waals surface area contributed by atoms with Crippen molar-refractivity contribution in [3.8, 4) is 11.5 Å². The Labute approximate surface area is 166 Å². The summed E-state index contributed by atoms with van der Waals surface area (Å²) in [5.74, 6) is 1.21. The molecule has 0 radical (unpaired) electrons. The zero-order chi connectivity index (χ0) is 20.5. The third-order valence-corrected chi connectivity index (χ3v) is 5.92. The lowest BCUT2D eigenvalue weighted by molar-refractivity contribution is 0.216. The minimum absolute atomic E-state index is 0.00569. The fraction of sp³-hybridized carbons (Fsp3) is 0.400. The van der Waals surface area contributed by atoms with Gasteiger partial charge in [0.2, 0.25) is 0 Å². The van der Waals surface area contributed by atoms with Crippen LogP contribution in [0.2, 0.25) is 0 Å². The Hall–Kier alpha value is -2.45. The SMILES string of the molecule is CCOc1cc(C(CS(C)(=O)=O)N2Cc3ccc(N)c(N)c3C2)ccc1OC. The number of nitrogens with zero attached hydrogens (tertiary/aromatic N) is 1. The minimum Gasteiger partial charge on any atom is -0.493 e. The maximum atomic E-state index is 12.2. The first-order valence-electron chi connectivity index (χ1n) is 9.11. The summed E-state index contributed by atoms with van der Waals surface area (Å²) < 4.78 is 35.4. The normalized spacial score (nSPS) is 15.2. The molecule has 8 heteroatoms. The van der Waals surface area contributed by atoms with Crippen LogP contribution in [0.3, 0.4) is 0 Å². The zero-order valence-electron chi connectivity index (χ0n) is 16.4. The second-order valence-corrected chi connectivity index (χ2v) is 9.25. The van der Waals surface area contributed by atoms with Crippen LogP contribution in [0.1, 0.15) is 29.7 Å². The Morgan fingerprint density at radius 3 is 2.54 bits per heavy atom. The summed E-state index contributed by atoms with van der Waals surface area (Å²) in [5.41, 5.74) is 16.1. The van der Waals surface area contributed by atoms with Crippen molar-refractivity contribution in [1.29, 1.82) is 0 Å². The summed E-state index contributed by atoms with van der Waals surface area (Å²) in [6.45, 7) is 3.53. The molecule has 0 fully saturated rings. The average Bonchev–Trinajstić information content (AvgIpc) is 3.07. The molecule has 3 rings (SSSR count). The molecule has 0 bridgehead atoms. The van der Waals surface area contributed by atoms with E-state index in [0.717, 1.165) is 16.7 Å². The predicted molar refractivity (Wildman–Crippen MR) is 111 cm³/mol. The number of nitrogen functional groups attached to an aromatic ring is 2. The van der Waals surface area contributed by atoms with Gasteiger partial charge in [0.15, 0.2) is 11.5 Å². The topological polar surface area (TPSA) is 108 Å². The first-order valence-corrected chi connectivity index (χ1v) is 11.2. The number of benzene rings is 2. The quantitative estimate of drug-likeness (QED) is 0.681. The van der Waals surface area contributed by atoms with Crippen molar-refractivity contribution in [2.45, 2.75) is 26.1 Å². The third kappa shape index (κ3) is 4.18. The minimum atomic E-state index is -3.23.